The van der Waals surface area contributed by atoms with Crippen LogP contribution in [0.3, 0.4) is 0 Å². The topological polar surface area (TPSA) is 84.1 Å². The minimum atomic E-state index is -0.188. The first-order chi connectivity index (χ1) is 8.24. The van der Waals surface area contributed by atoms with Crippen LogP contribution in [0.4, 0.5) is 0 Å². The molecule has 6 heteroatoms. The van der Waals surface area contributed by atoms with Crippen LogP contribution in [0.15, 0.2) is 12.3 Å². The van der Waals surface area contributed by atoms with Crippen LogP contribution in [0, 0.1) is 0 Å². The van der Waals surface area contributed by atoms with E-state index >= 15 is 0 Å². The minimum Gasteiger partial charge on any atom is -0.469 e. The fourth-order valence-corrected chi connectivity index (χ4v) is 1.35. The van der Waals surface area contributed by atoms with E-state index in [2.05, 4.69) is 20.3 Å². The Bertz CT molecular complexity index is 349. The molecule has 17 heavy (non-hydrogen) atoms. The Hall–Kier alpha value is -1.85. The van der Waals surface area contributed by atoms with Crippen LogP contribution >= 0.6 is 0 Å². The van der Waals surface area contributed by atoms with Crippen molar-refractivity contribution in [3.63, 3.8) is 0 Å². The van der Waals surface area contributed by atoms with Gasteiger partial charge in [-0.05, 0) is 18.9 Å². The van der Waals surface area contributed by atoms with Gasteiger partial charge in [-0.2, -0.15) is 5.10 Å². The summed E-state index contributed by atoms with van der Waals surface area (Å²) in [6, 6.07) is 1.62. The van der Waals surface area contributed by atoms with E-state index in [-0.39, 0.29) is 11.9 Å². The predicted molar refractivity (Wildman–Crippen MR) is 61.4 cm³/mol. The van der Waals surface area contributed by atoms with Crippen LogP contribution in [0.2, 0.25) is 0 Å². The lowest BCUT2D eigenvalue weighted by Crippen LogP contribution is -2.24. The van der Waals surface area contributed by atoms with Crippen molar-refractivity contribution in [1.82, 2.24) is 15.5 Å². The molecule has 0 saturated heterocycles. The zero-order valence-electron chi connectivity index (χ0n) is 9.86. The minimum absolute atomic E-state index is 0.157. The van der Waals surface area contributed by atoms with E-state index in [1.807, 2.05) is 0 Å². The highest BCUT2D eigenvalue weighted by molar-refractivity contribution is 5.91. The Morgan fingerprint density at radius 3 is 2.88 bits per heavy atom. The summed E-state index contributed by atoms with van der Waals surface area (Å²) in [5.74, 6) is -0.345. The molecule has 0 fully saturated rings. The molecular formula is C11H17N3O3. The number of esters is 1. The van der Waals surface area contributed by atoms with E-state index in [4.69, 9.17) is 0 Å². The van der Waals surface area contributed by atoms with Gasteiger partial charge < -0.3 is 10.1 Å². The third kappa shape index (κ3) is 5.14. The fourth-order valence-electron chi connectivity index (χ4n) is 1.35. The molecule has 1 aromatic heterocycles. The number of hydrogen-bond acceptors (Lipinski definition) is 4. The number of nitrogens with zero attached hydrogens (tertiary/aromatic N) is 1. The van der Waals surface area contributed by atoms with Crippen molar-refractivity contribution in [2.24, 2.45) is 0 Å². The standard InChI is InChI=1S/C11H17N3O3/c1-17-10(15)5-3-2-4-7-12-11(16)9-6-8-13-14-9/h6,8H,2-5,7H2,1H3,(H,12,16)(H,13,14). The van der Waals surface area contributed by atoms with Gasteiger partial charge in [0.25, 0.3) is 5.91 Å². The first-order valence-corrected chi connectivity index (χ1v) is 5.58. The largest absolute Gasteiger partial charge is 0.469 e. The first kappa shape index (κ1) is 13.2. The van der Waals surface area contributed by atoms with Crippen LogP contribution in [0.25, 0.3) is 0 Å². The summed E-state index contributed by atoms with van der Waals surface area (Å²) in [6.45, 7) is 0.596. The van der Waals surface area contributed by atoms with Gasteiger partial charge in [-0.3, -0.25) is 14.7 Å². The molecule has 0 bridgehead atoms. The van der Waals surface area contributed by atoms with E-state index < -0.39 is 0 Å². The van der Waals surface area contributed by atoms with E-state index in [0.29, 0.717) is 18.7 Å². The van der Waals surface area contributed by atoms with Crippen LogP contribution in [-0.2, 0) is 9.53 Å². The van der Waals surface area contributed by atoms with Crippen LogP contribution in [0.1, 0.15) is 36.2 Å². The third-order valence-electron chi connectivity index (χ3n) is 2.32. The monoisotopic (exact) mass is 239 g/mol. The van der Waals surface area contributed by atoms with Crippen molar-refractivity contribution < 1.29 is 14.3 Å². The molecule has 0 aliphatic heterocycles. The average molecular weight is 239 g/mol. The van der Waals surface area contributed by atoms with Gasteiger partial charge in [-0.25, -0.2) is 0 Å². The second kappa shape index (κ2) is 7.43. The van der Waals surface area contributed by atoms with Gasteiger partial charge in [0.15, 0.2) is 0 Å². The number of hydrogen-bond donors (Lipinski definition) is 2. The van der Waals surface area contributed by atoms with Gasteiger partial charge in [0, 0.05) is 19.2 Å². The van der Waals surface area contributed by atoms with E-state index in [0.717, 1.165) is 19.3 Å². The highest BCUT2D eigenvalue weighted by Crippen LogP contribution is 2.00. The van der Waals surface area contributed by atoms with E-state index in [1.165, 1.54) is 13.3 Å². The Labute approximate surface area is 99.7 Å². The van der Waals surface area contributed by atoms with Crippen LogP contribution in [0.5, 0.6) is 0 Å². The highest BCUT2D eigenvalue weighted by Gasteiger charge is 2.05. The number of H-pyrrole nitrogens is 1. The zero-order valence-corrected chi connectivity index (χ0v) is 9.86. The molecule has 0 radical (unpaired) electrons. The van der Waals surface area contributed by atoms with Crippen molar-refractivity contribution in [2.45, 2.75) is 25.7 Å². The molecule has 0 aliphatic rings. The highest BCUT2D eigenvalue weighted by atomic mass is 16.5. The average Bonchev–Trinajstić information content (AvgIpc) is 2.86. The number of ether oxygens (including phenoxy) is 1. The Morgan fingerprint density at radius 2 is 2.24 bits per heavy atom. The molecule has 0 unspecified atom stereocenters. The Morgan fingerprint density at radius 1 is 1.41 bits per heavy atom. The third-order valence-corrected chi connectivity index (χ3v) is 2.32. The number of nitrogens with one attached hydrogen (secondary N) is 2. The van der Waals surface area contributed by atoms with Crippen molar-refractivity contribution >= 4 is 11.9 Å². The SMILES string of the molecule is COC(=O)CCCCCNC(=O)c1ccn[nH]1. The van der Waals surface area contributed by atoms with E-state index in [9.17, 15) is 9.59 Å². The number of aromatic nitrogens is 2. The fraction of sp³-hybridized carbons (Fsp3) is 0.545. The van der Waals surface area contributed by atoms with Gasteiger partial charge in [-0.15, -0.1) is 0 Å². The summed E-state index contributed by atoms with van der Waals surface area (Å²) in [6.07, 6.45) is 4.48. The van der Waals surface area contributed by atoms with Crippen molar-refractivity contribution in [1.29, 1.82) is 0 Å². The molecule has 2 N–H and O–H groups in total. The number of methoxy groups -OCH3 is 1. The van der Waals surface area contributed by atoms with Crippen molar-refractivity contribution in [3.05, 3.63) is 18.0 Å². The van der Waals surface area contributed by atoms with Crippen LogP contribution < -0.4 is 5.32 Å². The number of unbranched alkanes of at least 4 members (excludes halogenated alkanes) is 2. The summed E-state index contributed by atoms with van der Waals surface area (Å²) in [5, 5.41) is 9.04. The predicted octanol–water partition coefficient (Wildman–Crippen LogP) is 0.873. The molecule has 6 nitrogen and oxygen atoms in total. The first-order valence-electron chi connectivity index (χ1n) is 5.58. The molecular weight excluding hydrogens is 222 g/mol. The van der Waals surface area contributed by atoms with E-state index in [1.54, 1.807) is 6.07 Å². The second-order valence-electron chi connectivity index (χ2n) is 3.61. The molecule has 0 atom stereocenters. The Kier molecular flexibility index (Phi) is 5.77. The van der Waals surface area contributed by atoms with Gasteiger partial charge in [-0.1, -0.05) is 6.42 Å². The summed E-state index contributed by atoms with van der Waals surface area (Å²) < 4.78 is 4.52. The normalized spacial score (nSPS) is 9.94. The maximum Gasteiger partial charge on any atom is 0.305 e. The number of aromatic amines is 1. The summed E-state index contributed by atoms with van der Waals surface area (Å²) in [5.41, 5.74) is 0.458. The molecule has 0 spiro atoms. The summed E-state index contributed by atoms with van der Waals surface area (Å²) in [7, 11) is 1.38. The second-order valence-corrected chi connectivity index (χ2v) is 3.61. The van der Waals surface area contributed by atoms with Crippen LogP contribution in [-0.4, -0.2) is 35.7 Å². The number of carbonyl (C=O) groups excluding carboxylic acids is 2. The zero-order chi connectivity index (χ0) is 12.5. The molecule has 0 aromatic carbocycles. The van der Waals surface area contributed by atoms with Crippen molar-refractivity contribution in [3.8, 4) is 0 Å². The number of amides is 1. The molecule has 0 saturated carbocycles. The van der Waals surface area contributed by atoms with Crippen molar-refractivity contribution in [2.75, 3.05) is 13.7 Å². The lowest BCUT2D eigenvalue weighted by Gasteiger charge is -2.03. The smallest absolute Gasteiger partial charge is 0.305 e. The molecule has 0 aliphatic carbocycles. The maximum atomic E-state index is 11.4. The lowest BCUT2D eigenvalue weighted by molar-refractivity contribution is -0.140. The molecule has 1 rings (SSSR count). The van der Waals surface area contributed by atoms with Gasteiger partial charge in [0.2, 0.25) is 0 Å². The number of carbonyl (C=O) groups is 2. The number of rotatable bonds is 7. The summed E-state index contributed by atoms with van der Waals surface area (Å²) in [4.78, 5) is 22.2. The molecule has 1 heterocycles. The molecule has 94 valence electrons. The summed E-state index contributed by atoms with van der Waals surface area (Å²) >= 11 is 0. The lowest BCUT2D eigenvalue weighted by atomic mass is 10.2. The Balaban J connectivity index is 2.01. The molecule has 1 aromatic rings. The maximum absolute atomic E-state index is 11.4. The van der Waals surface area contributed by atoms with Gasteiger partial charge in [0.05, 0.1) is 7.11 Å². The quantitative estimate of drug-likeness (QED) is 0.546. The molecule has 1 amide bonds. The van der Waals surface area contributed by atoms with Gasteiger partial charge in [0.1, 0.15) is 5.69 Å². The van der Waals surface area contributed by atoms with Gasteiger partial charge >= 0.3 is 5.97 Å².